The number of aryl methyl sites for hydroxylation is 2. The van der Waals surface area contributed by atoms with Crippen LogP contribution in [0.15, 0.2) is 35.6 Å². The summed E-state index contributed by atoms with van der Waals surface area (Å²) in [7, 11) is 3.40. The van der Waals surface area contributed by atoms with Crippen molar-refractivity contribution in [1.29, 1.82) is 0 Å². The number of hydrogen-bond donors (Lipinski definition) is 1. The zero-order valence-electron chi connectivity index (χ0n) is 15.8. The van der Waals surface area contributed by atoms with Crippen molar-refractivity contribution in [2.75, 3.05) is 18.2 Å². The van der Waals surface area contributed by atoms with Gasteiger partial charge in [0.25, 0.3) is 0 Å². The second kappa shape index (κ2) is 8.26. The summed E-state index contributed by atoms with van der Waals surface area (Å²) >= 11 is 1.35. The second-order valence-electron chi connectivity index (χ2n) is 5.98. The molecule has 0 unspecified atom stereocenters. The van der Waals surface area contributed by atoms with Crippen molar-refractivity contribution in [1.82, 2.24) is 24.5 Å². The molecule has 0 fully saturated rings. The number of ether oxygens (including phenoxy) is 1. The molecule has 0 atom stereocenters. The number of amides is 1. The predicted octanol–water partition coefficient (Wildman–Crippen LogP) is 2.75. The highest BCUT2D eigenvalue weighted by Crippen LogP contribution is 2.29. The van der Waals surface area contributed by atoms with E-state index in [0.717, 1.165) is 16.8 Å². The van der Waals surface area contributed by atoms with E-state index < -0.39 is 0 Å². The van der Waals surface area contributed by atoms with Gasteiger partial charge in [-0.1, -0.05) is 23.9 Å². The number of anilines is 1. The molecule has 2 heterocycles. The third-order valence-corrected chi connectivity index (χ3v) is 4.86. The summed E-state index contributed by atoms with van der Waals surface area (Å²) in [5.74, 6) is 1.32. The Morgan fingerprint density at radius 1 is 1.33 bits per heavy atom. The summed E-state index contributed by atoms with van der Waals surface area (Å²) in [5, 5.41) is 16.4. The molecular weight excluding hydrogens is 364 g/mol. The van der Waals surface area contributed by atoms with Gasteiger partial charge in [0.2, 0.25) is 11.8 Å². The topological polar surface area (TPSA) is 86.9 Å². The van der Waals surface area contributed by atoms with Crippen LogP contribution >= 0.6 is 11.8 Å². The van der Waals surface area contributed by atoms with E-state index in [2.05, 4.69) is 20.6 Å². The summed E-state index contributed by atoms with van der Waals surface area (Å²) in [5.41, 5.74) is 2.66. The van der Waals surface area contributed by atoms with Gasteiger partial charge < -0.3 is 14.6 Å². The normalized spacial score (nSPS) is 10.8. The molecule has 2 aromatic heterocycles. The molecule has 0 radical (unpaired) electrons. The Balaban J connectivity index is 1.72. The summed E-state index contributed by atoms with van der Waals surface area (Å²) in [6.07, 6.45) is 1.84. The maximum Gasteiger partial charge on any atom is 0.243 e. The molecule has 0 spiro atoms. The minimum absolute atomic E-state index is 0.0863. The van der Waals surface area contributed by atoms with Crippen LogP contribution in [0.2, 0.25) is 0 Å². The van der Waals surface area contributed by atoms with Crippen LogP contribution in [-0.2, 0) is 18.4 Å². The summed E-state index contributed by atoms with van der Waals surface area (Å²) in [6, 6.07) is 7.71. The minimum atomic E-state index is -0.0863. The first-order valence-corrected chi connectivity index (χ1v) is 9.51. The molecular formula is C18H22N6O2S. The van der Waals surface area contributed by atoms with Gasteiger partial charge in [0.1, 0.15) is 5.56 Å². The van der Waals surface area contributed by atoms with Gasteiger partial charge in [0, 0.05) is 25.5 Å². The van der Waals surface area contributed by atoms with E-state index in [-0.39, 0.29) is 11.7 Å². The molecule has 0 aliphatic carbocycles. The van der Waals surface area contributed by atoms with E-state index in [9.17, 15) is 4.79 Å². The zero-order valence-corrected chi connectivity index (χ0v) is 16.6. The molecule has 142 valence electrons. The number of nitrogens with zero attached hydrogens (tertiary/aromatic N) is 5. The van der Waals surface area contributed by atoms with Gasteiger partial charge in [-0.2, -0.15) is 0 Å². The Bertz CT molecular complexity index is 949. The van der Waals surface area contributed by atoms with Crippen molar-refractivity contribution in [2.24, 2.45) is 7.05 Å². The van der Waals surface area contributed by atoms with E-state index in [0.29, 0.717) is 23.4 Å². The first-order chi connectivity index (χ1) is 13.0. The molecule has 27 heavy (non-hydrogen) atoms. The smallest absolute Gasteiger partial charge is 0.243 e. The van der Waals surface area contributed by atoms with Gasteiger partial charge in [0.15, 0.2) is 11.0 Å². The van der Waals surface area contributed by atoms with Crippen molar-refractivity contribution >= 4 is 23.4 Å². The van der Waals surface area contributed by atoms with E-state index in [1.54, 1.807) is 11.8 Å². The Kier molecular flexibility index (Phi) is 5.80. The highest BCUT2D eigenvalue weighted by atomic mass is 32.2. The molecule has 0 bridgehead atoms. The van der Waals surface area contributed by atoms with Crippen LogP contribution in [0.25, 0.3) is 11.4 Å². The number of methoxy groups -OCH3 is 1. The lowest BCUT2D eigenvalue weighted by Gasteiger charge is -2.08. The number of hydrogen-bond acceptors (Lipinski definition) is 6. The maximum atomic E-state index is 12.3. The third kappa shape index (κ3) is 4.30. The number of rotatable bonds is 7. The minimum Gasteiger partial charge on any atom is -0.479 e. The van der Waals surface area contributed by atoms with E-state index in [1.165, 1.54) is 11.8 Å². The van der Waals surface area contributed by atoms with Crippen molar-refractivity contribution in [3.05, 3.63) is 36.0 Å². The number of benzene rings is 1. The van der Waals surface area contributed by atoms with Crippen LogP contribution in [0.4, 0.5) is 5.69 Å². The maximum absolute atomic E-state index is 12.3. The Labute approximate surface area is 161 Å². The fraction of sp³-hybridized carbons (Fsp3) is 0.333. The summed E-state index contributed by atoms with van der Waals surface area (Å²) in [6.45, 7) is 4.66. The number of carbonyl (C=O) groups excluding carboxylic acids is 1. The molecule has 0 aliphatic heterocycles. The van der Waals surface area contributed by atoms with Gasteiger partial charge in [-0.3, -0.25) is 9.48 Å². The quantitative estimate of drug-likeness (QED) is 0.628. The number of thioether (sulfide) groups is 1. The second-order valence-corrected chi connectivity index (χ2v) is 6.92. The average Bonchev–Trinajstić information content (AvgIpc) is 3.22. The fourth-order valence-corrected chi connectivity index (χ4v) is 3.50. The standard InChI is InChI=1S/C18H22N6O2S/c1-5-24-16(14-10-23(3)22-17(14)26-4)20-21-18(24)27-11-15(25)19-13-8-6-7-12(2)9-13/h6-10H,5,11H2,1-4H3,(H,19,25). The molecule has 9 heteroatoms. The molecule has 1 amide bonds. The van der Waals surface area contributed by atoms with Gasteiger partial charge in [-0.15, -0.1) is 15.3 Å². The Morgan fingerprint density at radius 2 is 2.15 bits per heavy atom. The Morgan fingerprint density at radius 3 is 2.85 bits per heavy atom. The lowest BCUT2D eigenvalue weighted by Crippen LogP contribution is -2.14. The first kappa shape index (κ1) is 19.0. The van der Waals surface area contributed by atoms with Crippen LogP contribution in [0.3, 0.4) is 0 Å². The largest absolute Gasteiger partial charge is 0.479 e. The van der Waals surface area contributed by atoms with Crippen molar-refractivity contribution in [2.45, 2.75) is 25.5 Å². The van der Waals surface area contributed by atoms with Gasteiger partial charge in [-0.25, -0.2) is 0 Å². The van der Waals surface area contributed by atoms with E-state index >= 15 is 0 Å². The van der Waals surface area contributed by atoms with Crippen molar-refractivity contribution in [3.63, 3.8) is 0 Å². The molecule has 3 aromatic rings. The zero-order chi connectivity index (χ0) is 19.4. The van der Waals surface area contributed by atoms with Crippen LogP contribution in [0.1, 0.15) is 12.5 Å². The summed E-state index contributed by atoms with van der Waals surface area (Å²) < 4.78 is 8.94. The number of nitrogens with one attached hydrogen (secondary N) is 1. The predicted molar refractivity (Wildman–Crippen MR) is 105 cm³/mol. The lowest BCUT2D eigenvalue weighted by molar-refractivity contribution is -0.113. The van der Waals surface area contributed by atoms with Gasteiger partial charge in [0.05, 0.1) is 12.9 Å². The first-order valence-electron chi connectivity index (χ1n) is 8.52. The summed E-state index contributed by atoms with van der Waals surface area (Å²) in [4.78, 5) is 12.3. The Hall–Kier alpha value is -2.81. The van der Waals surface area contributed by atoms with Crippen LogP contribution < -0.4 is 10.1 Å². The fourth-order valence-electron chi connectivity index (χ4n) is 2.70. The monoisotopic (exact) mass is 386 g/mol. The average molecular weight is 386 g/mol. The molecule has 0 saturated carbocycles. The molecule has 1 aromatic carbocycles. The van der Waals surface area contributed by atoms with Crippen molar-refractivity contribution < 1.29 is 9.53 Å². The molecule has 3 rings (SSSR count). The number of carbonyl (C=O) groups is 1. The van der Waals surface area contributed by atoms with Crippen LogP contribution in [0.5, 0.6) is 5.88 Å². The SMILES string of the molecule is CCn1c(SCC(=O)Nc2cccc(C)c2)nnc1-c1cn(C)nc1OC. The van der Waals surface area contributed by atoms with Gasteiger partial charge in [-0.05, 0) is 31.5 Å². The molecule has 0 saturated heterocycles. The highest BCUT2D eigenvalue weighted by Gasteiger charge is 2.20. The van der Waals surface area contributed by atoms with E-state index in [4.69, 9.17) is 4.74 Å². The lowest BCUT2D eigenvalue weighted by atomic mass is 10.2. The number of aromatic nitrogens is 5. The molecule has 8 nitrogen and oxygen atoms in total. The third-order valence-electron chi connectivity index (χ3n) is 3.90. The molecule has 0 aliphatic rings. The van der Waals surface area contributed by atoms with E-state index in [1.807, 2.05) is 55.9 Å². The van der Waals surface area contributed by atoms with Crippen LogP contribution in [0, 0.1) is 6.92 Å². The van der Waals surface area contributed by atoms with Gasteiger partial charge >= 0.3 is 0 Å². The van der Waals surface area contributed by atoms with Crippen LogP contribution in [-0.4, -0.2) is 43.3 Å². The highest BCUT2D eigenvalue weighted by molar-refractivity contribution is 7.99. The molecule has 1 N–H and O–H groups in total. The van der Waals surface area contributed by atoms with Crippen molar-refractivity contribution in [3.8, 4) is 17.3 Å².